The standard InChI is InChI=1S/C16H21N5O/c1-2-3-12-13-15(20-19-12)22-14(18)11(8-17)16(13)9-21-6-4-10(16)5-7-21/h10H,2-7,9,18H2,1H3,(H,19,20)/t16-/m1/s1. The normalized spacial score (nSPS) is 32.7. The zero-order valence-electron chi connectivity index (χ0n) is 12.9. The molecule has 6 heteroatoms. The molecule has 4 aliphatic heterocycles. The molecule has 6 nitrogen and oxygen atoms in total. The molecule has 0 aromatic carbocycles. The molecule has 3 fully saturated rings. The average molecular weight is 299 g/mol. The lowest BCUT2D eigenvalue weighted by atomic mass is 9.58. The van der Waals surface area contributed by atoms with Crippen LogP contribution >= 0.6 is 0 Å². The van der Waals surface area contributed by atoms with Gasteiger partial charge in [0.2, 0.25) is 11.8 Å². The summed E-state index contributed by atoms with van der Waals surface area (Å²) in [6.07, 6.45) is 4.16. The van der Waals surface area contributed by atoms with E-state index >= 15 is 0 Å². The Morgan fingerprint density at radius 3 is 2.86 bits per heavy atom. The lowest BCUT2D eigenvalue weighted by Crippen LogP contribution is -2.59. The third-order valence-corrected chi connectivity index (χ3v) is 5.52. The van der Waals surface area contributed by atoms with Gasteiger partial charge in [0.05, 0.1) is 11.0 Å². The van der Waals surface area contributed by atoms with Crippen LogP contribution in [-0.4, -0.2) is 34.7 Å². The second kappa shape index (κ2) is 4.75. The second-order valence-corrected chi connectivity index (χ2v) is 6.61. The maximum Gasteiger partial charge on any atom is 0.244 e. The number of aromatic nitrogens is 2. The Labute approximate surface area is 129 Å². The highest BCUT2D eigenvalue weighted by Gasteiger charge is 2.56. The number of fused-ring (bicyclic) bond motifs is 3. The molecule has 0 amide bonds. The van der Waals surface area contributed by atoms with E-state index in [0.717, 1.165) is 56.6 Å². The third kappa shape index (κ3) is 1.60. The number of aryl methyl sites for hydroxylation is 1. The molecule has 116 valence electrons. The number of rotatable bonds is 2. The highest BCUT2D eigenvalue weighted by molar-refractivity contribution is 5.56. The quantitative estimate of drug-likeness (QED) is 0.861. The predicted molar refractivity (Wildman–Crippen MR) is 80.9 cm³/mol. The summed E-state index contributed by atoms with van der Waals surface area (Å²) < 4.78 is 5.67. The summed E-state index contributed by atoms with van der Waals surface area (Å²) in [5, 5.41) is 17.2. The van der Waals surface area contributed by atoms with Crippen LogP contribution in [0.3, 0.4) is 0 Å². The van der Waals surface area contributed by atoms with Gasteiger partial charge < -0.3 is 15.4 Å². The summed E-state index contributed by atoms with van der Waals surface area (Å²) in [4.78, 5) is 2.45. The molecule has 1 aromatic rings. The third-order valence-electron chi connectivity index (χ3n) is 5.52. The fraction of sp³-hybridized carbons (Fsp3) is 0.625. The van der Waals surface area contributed by atoms with Gasteiger partial charge in [-0.25, -0.2) is 0 Å². The molecule has 3 N–H and O–H groups in total. The van der Waals surface area contributed by atoms with Crippen LogP contribution in [0.5, 0.6) is 5.88 Å². The van der Waals surface area contributed by atoms with E-state index in [0.29, 0.717) is 17.4 Å². The van der Waals surface area contributed by atoms with Gasteiger partial charge in [0.25, 0.3) is 0 Å². The first kappa shape index (κ1) is 13.6. The first-order valence-corrected chi connectivity index (χ1v) is 8.09. The summed E-state index contributed by atoms with van der Waals surface area (Å²) >= 11 is 0. The first-order chi connectivity index (χ1) is 10.7. The van der Waals surface area contributed by atoms with E-state index in [4.69, 9.17) is 10.5 Å². The minimum atomic E-state index is -0.333. The predicted octanol–water partition coefficient (Wildman–Crippen LogP) is 1.41. The Morgan fingerprint density at radius 2 is 2.27 bits per heavy atom. The molecule has 1 aromatic heterocycles. The maximum atomic E-state index is 9.77. The fourth-order valence-corrected chi connectivity index (χ4v) is 4.61. The Hall–Kier alpha value is -2.00. The van der Waals surface area contributed by atoms with Crippen molar-refractivity contribution in [2.75, 3.05) is 19.6 Å². The van der Waals surface area contributed by atoms with E-state index in [2.05, 4.69) is 28.1 Å². The molecule has 3 saturated heterocycles. The van der Waals surface area contributed by atoms with Crippen molar-refractivity contribution in [1.29, 1.82) is 5.26 Å². The van der Waals surface area contributed by atoms with Crippen LogP contribution < -0.4 is 10.5 Å². The highest BCUT2D eigenvalue weighted by Crippen LogP contribution is 2.54. The minimum Gasteiger partial charge on any atom is -0.420 e. The van der Waals surface area contributed by atoms with Crippen molar-refractivity contribution in [3.05, 3.63) is 22.7 Å². The van der Waals surface area contributed by atoms with Crippen LogP contribution in [-0.2, 0) is 11.8 Å². The number of aromatic amines is 1. The number of nitrogens with two attached hydrogens (primary N) is 1. The number of piperidine rings is 3. The van der Waals surface area contributed by atoms with Gasteiger partial charge in [0.15, 0.2) is 0 Å². The van der Waals surface area contributed by atoms with Crippen molar-refractivity contribution < 1.29 is 4.74 Å². The van der Waals surface area contributed by atoms with Gasteiger partial charge in [-0.2, -0.15) is 5.26 Å². The van der Waals surface area contributed by atoms with Crippen molar-refractivity contribution in [3.63, 3.8) is 0 Å². The van der Waals surface area contributed by atoms with Crippen LogP contribution in [0, 0.1) is 17.2 Å². The highest BCUT2D eigenvalue weighted by atomic mass is 16.5. The fourth-order valence-electron chi connectivity index (χ4n) is 4.61. The van der Waals surface area contributed by atoms with Crippen LogP contribution in [0.1, 0.15) is 37.4 Å². The Bertz CT molecular complexity index is 677. The summed E-state index contributed by atoms with van der Waals surface area (Å²) in [6, 6.07) is 2.36. The molecule has 22 heavy (non-hydrogen) atoms. The number of nitrogens with zero attached hydrogens (tertiary/aromatic N) is 3. The SMILES string of the molecule is CCCc1[nH]nc2c1[C@@]1(CN3CCC1CC3)C(C#N)=C(N)O2. The minimum absolute atomic E-state index is 0.235. The molecular weight excluding hydrogens is 278 g/mol. The molecule has 5 rings (SSSR count). The van der Waals surface area contributed by atoms with Crippen molar-refractivity contribution in [2.24, 2.45) is 11.7 Å². The molecule has 0 radical (unpaired) electrons. The maximum absolute atomic E-state index is 9.77. The summed E-state index contributed by atoms with van der Waals surface area (Å²) in [6.45, 7) is 5.23. The first-order valence-electron chi connectivity index (χ1n) is 8.09. The van der Waals surface area contributed by atoms with Gasteiger partial charge in [-0.1, -0.05) is 13.3 Å². The zero-order chi connectivity index (χ0) is 15.3. The largest absolute Gasteiger partial charge is 0.420 e. The number of hydrogen-bond donors (Lipinski definition) is 2. The summed E-state index contributed by atoms with van der Waals surface area (Å²) in [7, 11) is 0. The molecule has 2 bridgehead atoms. The monoisotopic (exact) mass is 299 g/mol. The zero-order valence-corrected chi connectivity index (χ0v) is 12.9. The van der Waals surface area contributed by atoms with E-state index < -0.39 is 0 Å². The van der Waals surface area contributed by atoms with Crippen LogP contribution in [0.25, 0.3) is 0 Å². The van der Waals surface area contributed by atoms with Gasteiger partial charge in [0.1, 0.15) is 11.6 Å². The Kier molecular flexibility index (Phi) is 2.95. The topological polar surface area (TPSA) is 91.0 Å². The second-order valence-electron chi connectivity index (χ2n) is 6.61. The van der Waals surface area contributed by atoms with Crippen molar-refractivity contribution >= 4 is 0 Å². The number of nitriles is 1. The van der Waals surface area contributed by atoms with Gasteiger partial charge in [0, 0.05) is 12.2 Å². The van der Waals surface area contributed by atoms with E-state index in [9.17, 15) is 5.26 Å². The number of H-pyrrole nitrogens is 1. The number of hydrogen-bond acceptors (Lipinski definition) is 5. The molecular formula is C16H21N5O. The molecule has 0 aliphatic carbocycles. The number of ether oxygens (including phenoxy) is 1. The Morgan fingerprint density at radius 1 is 1.50 bits per heavy atom. The summed E-state index contributed by atoms with van der Waals surface area (Å²) in [5.74, 6) is 1.26. The molecule has 0 unspecified atom stereocenters. The summed E-state index contributed by atoms with van der Waals surface area (Å²) in [5.41, 5.74) is 8.55. The van der Waals surface area contributed by atoms with Crippen molar-refractivity contribution in [3.8, 4) is 11.9 Å². The molecule has 5 heterocycles. The van der Waals surface area contributed by atoms with Gasteiger partial charge in [-0.15, -0.1) is 5.10 Å². The van der Waals surface area contributed by atoms with Gasteiger partial charge >= 0.3 is 0 Å². The van der Waals surface area contributed by atoms with Crippen LogP contribution in [0.2, 0.25) is 0 Å². The van der Waals surface area contributed by atoms with Crippen LogP contribution in [0.15, 0.2) is 11.5 Å². The number of nitrogens with one attached hydrogen (secondary N) is 1. The van der Waals surface area contributed by atoms with E-state index in [1.165, 1.54) is 0 Å². The average Bonchev–Trinajstić information content (AvgIpc) is 2.92. The van der Waals surface area contributed by atoms with E-state index in [1.54, 1.807) is 0 Å². The lowest BCUT2D eigenvalue weighted by Gasteiger charge is -2.54. The van der Waals surface area contributed by atoms with Crippen LogP contribution in [0.4, 0.5) is 0 Å². The molecule has 1 atom stereocenters. The van der Waals surface area contributed by atoms with Gasteiger partial charge in [-0.05, 0) is 38.3 Å². The molecule has 4 aliphatic rings. The smallest absolute Gasteiger partial charge is 0.244 e. The van der Waals surface area contributed by atoms with E-state index in [1.807, 2.05) is 0 Å². The Balaban J connectivity index is 1.95. The van der Waals surface area contributed by atoms with Crippen molar-refractivity contribution in [2.45, 2.75) is 38.0 Å². The molecule has 1 spiro atoms. The molecule has 0 saturated carbocycles. The van der Waals surface area contributed by atoms with E-state index in [-0.39, 0.29) is 11.3 Å². The van der Waals surface area contributed by atoms with Gasteiger partial charge in [-0.3, -0.25) is 5.10 Å². The van der Waals surface area contributed by atoms with Crippen molar-refractivity contribution in [1.82, 2.24) is 15.1 Å². The lowest BCUT2D eigenvalue weighted by molar-refractivity contribution is 0.0383.